The molecule has 2 rings (SSSR count). The predicted octanol–water partition coefficient (Wildman–Crippen LogP) is 1.92. The monoisotopic (exact) mass is 277 g/mol. The second-order valence-corrected chi connectivity index (χ2v) is 6.54. The molecule has 1 amide bonds. The van der Waals surface area contributed by atoms with Crippen molar-refractivity contribution < 1.29 is 9.90 Å². The van der Waals surface area contributed by atoms with E-state index in [1.54, 1.807) is 12.1 Å². The first kappa shape index (κ1) is 14.8. The number of nitrogens with one attached hydrogen (secondary N) is 1. The van der Waals surface area contributed by atoms with E-state index < -0.39 is 11.5 Å². The number of nitrogens with zero attached hydrogens (tertiary/aromatic N) is 1. The van der Waals surface area contributed by atoms with Gasteiger partial charge in [-0.25, -0.2) is 4.98 Å². The summed E-state index contributed by atoms with van der Waals surface area (Å²) in [6, 6.07) is 3.34. The van der Waals surface area contributed by atoms with Crippen LogP contribution in [0.2, 0.25) is 0 Å². The molecular formula is C15H23N3O2. The van der Waals surface area contributed by atoms with E-state index in [-0.39, 0.29) is 0 Å². The second-order valence-electron chi connectivity index (χ2n) is 6.54. The lowest BCUT2D eigenvalue weighted by Gasteiger charge is -2.40. The Hall–Kier alpha value is -1.62. The fourth-order valence-electron chi connectivity index (χ4n) is 2.47. The van der Waals surface area contributed by atoms with Crippen LogP contribution < -0.4 is 11.1 Å². The van der Waals surface area contributed by atoms with Crippen LogP contribution in [-0.4, -0.2) is 28.1 Å². The fourth-order valence-corrected chi connectivity index (χ4v) is 2.47. The van der Waals surface area contributed by atoms with E-state index in [2.05, 4.69) is 24.1 Å². The summed E-state index contributed by atoms with van der Waals surface area (Å²) < 4.78 is 0. The second kappa shape index (κ2) is 5.40. The maximum Gasteiger partial charge on any atom is 0.250 e. The molecule has 1 fully saturated rings. The molecule has 1 aromatic heterocycles. The number of aliphatic hydroxyl groups is 1. The average molecular weight is 277 g/mol. The van der Waals surface area contributed by atoms with Crippen molar-refractivity contribution in [2.75, 3.05) is 11.9 Å². The summed E-state index contributed by atoms with van der Waals surface area (Å²) in [5, 5.41) is 13.7. The molecule has 1 saturated carbocycles. The Morgan fingerprint density at radius 1 is 1.35 bits per heavy atom. The number of nitrogens with two attached hydrogens (primary N) is 1. The Balaban J connectivity index is 1.90. The summed E-state index contributed by atoms with van der Waals surface area (Å²) in [4.78, 5) is 15.1. The van der Waals surface area contributed by atoms with Crippen LogP contribution in [0.5, 0.6) is 0 Å². The van der Waals surface area contributed by atoms with Gasteiger partial charge in [-0.1, -0.05) is 13.8 Å². The normalized spacial score (nSPS) is 20.4. The minimum Gasteiger partial charge on any atom is -0.388 e. The van der Waals surface area contributed by atoms with Crippen molar-refractivity contribution in [1.29, 1.82) is 0 Å². The van der Waals surface area contributed by atoms with Crippen molar-refractivity contribution in [2.24, 2.45) is 11.1 Å². The molecule has 0 aliphatic heterocycles. The first-order valence-electron chi connectivity index (χ1n) is 7.02. The largest absolute Gasteiger partial charge is 0.388 e. The van der Waals surface area contributed by atoms with Crippen LogP contribution in [0.4, 0.5) is 5.82 Å². The lowest BCUT2D eigenvalue weighted by Crippen LogP contribution is -2.42. The number of hydrogen-bond acceptors (Lipinski definition) is 4. The molecule has 5 nitrogen and oxygen atoms in total. The highest BCUT2D eigenvalue weighted by Crippen LogP contribution is 2.40. The summed E-state index contributed by atoms with van der Waals surface area (Å²) in [5.41, 5.74) is 5.20. The Labute approximate surface area is 119 Å². The molecule has 0 radical (unpaired) electrons. The van der Waals surface area contributed by atoms with Crippen LogP contribution in [0, 0.1) is 5.41 Å². The molecule has 0 atom stereocenters. The molecule has 1 aliphatic rings. The number of aromatic nitrogens is 1. The number of hydrogen-bond donors (Lipinski definition) is 3. The zero-order valence-electron chi connectivity index (χ0n) is 12.1. The van der Waals surface area contributed by atoms with Crippen LogP contribution in [-0.2, 0) is 0 Å². The van der Waals surface area contributed by atoms with Gasteiger partial charge in [0.25, 0.3) is 0 Å². The van der Waals surface area contributed by atoms with Gasteiger partial charge < -0.3 is 16.2 Å². The van der Waals surface area contributed by atoms with Crippen LogP contribution in [0.25, 0.3) is 0 Å². The zero-order chi connectivity index (χ0) is 14.8. The topological polar surface area (TPSA) is 88.2 Å². The lowest BCUT2D eigenvalue weighted by atomic mass is 9.71. The summed E-state index contributed by atoms with van der Waals surface area (Å²) in [7, 11) is 0. The van der Waals surface area contributed by atoms with Gasteiger partial charge in [0.15, 0.2) is 0 Å². The quantitative estimate of drug-likeness (QED) is 0.784. The molecule has 110 valence electrons. The smallest absolute Gasteiger partial charge is 0.250 e. The first-order chi connectivity index (χ1) is 9.30. The molecule has 0 saturated heterocycles. The number of anilines is 1. The first-order valence-corrected chi connectivity index (χ1v) is 7.02. The number of pyridine rings is 1. The molecule has 4 N–H and O–H groups in total. The Kier molecular flexibility index (Phi) is 3.99. The highest BCUT2D eigenvalue weighted by molar-refractivity contribution is 5.92. The van der Waals surface area contributed by atoms with E-state index in [9.17, 15) is 9.90 Å². The summed E-state index contributed by atoms with van der Waals surface area (Å²) in [6.45, 7) is 4.96. The van der Waals surface area contributed by atoms with Crippen molar-refractivity contribution in [2.45, 2.75) is 45.1 Å². The van der Waals surface area contributed by atoms with Crippen molar-refractivity contribution in [1.82, 2.24) is 4.98 Å². The maximum atomic E-state index is 11.0. The SMILES string of the molecule is CC1(C)CCC(O)(CNc2ccc(C(N)=O)cn2)CC1. The maximum absolute atomic E-state index is 11.0. The Morgan fingerprint density at radius 2 is 2.00 bits per heavy atom. The standard InChI is InChI=1S/C15H23N3O2/c1-14(2)5-7-15(20,8-6-14)10-18-12-4-3-11(9-17-12)13(16)19/h3-4,9,20H,5-8,10H2,1-2H3,(H2,16,19)(H,17,18). The molecule has 0 spiro atoms. The molecule has 1 aliphatic carbocycles. The number of carbonyl (C=O) groups is 1. The number of primary amides is 1. The highest BCUT2D eigenvalue weighted by Gasteiger charge is 2.36. The molecule has 20 heavy (non-hydrogen) atoms. The van der Waals surface area contributed by atoms with E-state index >= 15 is 0 Å². The minimum absolute atomic E-state index is 0.327. The Morgan fingerprint density at radius 3 is 2.50 bits per heavy atom. The van der Waals surface area contributed by atoms with Gasteiger partial charge in [-0.3, -0.25) is 4.79 Å². The average Bonchev–Trinajstić information content (AvgIpc) is 2.41. The van der Waals surface area contributed by atoms with E-state index in [0.717, 1.165) is 25.7 Å². The van der Waals surface area contributed by atoms with Gasteiger partial charge in [0.2, 0.25) is 5.91 Å². The molecular weight excluding hydrogens is 254 g/mol. The summed E-state index contributed by atoms with van der Waals surface area (Å²) >= 11 is 0. The minimum atomic E-state index is -0.667. The van der Waals surface area contributed by atoms with Gasteiger partial charge in [0.05, 0.1) is 11.2 Å². The third kappa shape index (κ3) is 3.70. The summed E-state index contributed by atoms with van der Waals surface area (Å²) in [6.07, 6.45) is 5.09. The van der Waals surface area contributed by atoms with Crippen molar-refractivity contribution >= 4 is 11.7 Å². The number of amides is 1. The molecule has 1 aromatic rings. The molecule has 0 aromatic carbocycles. The van der Waals surface area contributed by atoms with Gasteiger partial charge in [-0.15, -0.1) is 0 Å². The number of carbonyl (C=O) groups excluding carboxylic acids is 1. The number of rotatable bonds is 4. The van der Waals surface area contributed by atoms with Crippen molar-refractivity contribution in [3.05, 3.63) is 23.9 Å². The molecule has 5 heteroatoms. The van der Waals surface area contributed by atoms with Gasteiger partial charge in [-0.2, -0.15) is 0 Å². The van der Waals surface area contributed by atoms with Crippen LogP contribution in [0.15, 0.2) is 18.3 Å². The Bertz CT molecular complexity index is 472. The third-order valence-electron chi connectivity index (χ3n) is 4.18. The van der Waals surface area contributed by atoms with Gasteiger partial charge in [0, 0.05) is 12.7 Å². The zero-order valence-corrected chi connectivity index (χ0v) is 12.1. The molecule has 0 unspecified atom stereocenters. The van der Waals surface area contributed by atoms with E-state index in [0.29, 0.717) is 23.3 Å². The van der Waals surface area contributed by atoms with Crippen LogP contribution >= 0.6 is 0 Å². The van der Waals surface area contributed by atoms with E-state index in [1.807, 2.05) is 0 Å². The highest BCUT2D eigenvalue weighted by atomic mass is 16.3. The summed E-state index contributed by atoms with van der Waals surface area (Å²) in [5.74, 6) is 0.158. The predicted molar refractivity (Wildman–Crippen MR) is 78.4 cm³/mol. The molecule has 1 heterocycles. The van der Waals surface area contributed by atoms with E-state index in [1.165, 1.54) is 6.20 Å². The van der Waals surface area contributed by atoms with Crippen molar-refractivity contribution in [3.63, 3.8) is 0 Å². The fraction of sp³-hybridized carbons (Fsp3) is 0.600. The third-order valence-corrected chi connectivity index (χ3v) is 4.18. The molecule has 0 bridgehead atoms. The van der Waals surface area contributed by atoms with Gasteiger partial charge in [-0.05, 0) is 43.2 Å². The van der Waals surface area contributed by atoms with Crippen LogP contribution in [0.1, 0.15) is 49.9 Å². The van der Waals surface area contributed by atoms with Crippen LogP contribution in [0.3, 0.4) is 0 Å². The van der Waals surface area contributed by atoms with Crippen molar-refractivity contribution in [3.8, 4) is 0 Å². The van der Waals surface area contributed by atoms with Gasteiger partial charge >= 0.3 is 0 Å². The van der Waals surface area contributed by atoms with E-state index in [4.69, 9.17) is 5.73 Å². The van der Waals surface area contributed by atoms with Gasteiger partial charge in [0.1, 0.15) is 5.82 Å². The lowest BCUT2D eigenvalue weighted by molar-refractivity contribution is -0.0145.